The number of fused-ring (bicyclic) bond motifs is 1. The molecule has 0 aromatic carbocycles. The summed E-state index contributed by atoms with van der Waals surface area (Å²) in [4.78, 5) is 10.6. The Balaban J connectivity index is 1.88. The molecule has 4 rings (SSSR count). The monoisotopic (exact) mass is 356 g/mol. The first-order valence-corrected chi connectivity index (χ1v) is 9.50. The maximum Gasteiger partial charge on any atom is 0.243 e. The molecule has 1 aliphatic heterocycles. The van der Waals surface area contributed by atoms with Gasteiger partial charge < -0.3 is 9.64 Å². The molecule has 0 unspecified atom stereocenters. The van der Waals surface area contributed by atoms with Gasteiger partial charge in [-0.25, -0.2) is 12.4 Å². The van der Waals surface area contributed by atoms with Gasteiger partial charge in [-0.3, -0.25) is 0 Å². The fourth-order valence-corrected chi connectivity index (χ4v) is 4.77. The van der Waals surface area contributed by atoms with Crippen molar-refractivity contribution in [2.45, 2.75) is 31.1 Å². The molecule has 124 valence electrons. The molecule has 0 amide bonds. The highest BCUT2D eigenvalue weighted by Crippen LogP contribution is 2.34. The molecule has 2 aliphatic rings. The number of anilines is 1. The number of morpholine rings is 1. The number of aromatic nitrogens is 3. The van der Waals surface area contributed by atoms with Crippen molar-refractivity contribution >= 4 is 38.5 Å². The van der Waals surface area contributed by atoms with Crippen LogP contribution >= 0.6 is 11.6 Å². The van der Waals surface area contributed by atoms with Crippen LogP contribution < -0.4 is 4.90 Å². The standard InChI is InChI=1S/C14H17ClN4O3S/c1-9-8-22-7-6-18(9)12-11-4-5-19(13(11)17-14(15)16-12)23(20,21)10-2-3-10/h4-5,9-10H,2-3,6-8H2,1H3/t9-/m1/s1. The Labute approximate surface area is 139 Å². The van der Waals surface area contributed by atoms with E-state index in [1.54, 1.807) is 12.3 Å². The first-order chi connectivity index (χ1) is 11.0. The molecule has 2 aromatic rings. The zero-order valence-corrected chi connectivity index (χ0v) is 14.2. The van der Waals surface area contributed by atoms with E-state index < -0.39 is 10.0 Å². The van der Waals surface area contributed by atoms with E-state index in [4.69, 9.17) is 16.3 Å². The summed E-state index contributed by atoms with van der Waals surface area (Å²) < 4.78 is 31.8. The molecule has 9 heteroatoms. The molecule has 7 nitrogen and oxygen atoms in total. The van der Waals surface area contributed by atoms with Gasteiger partial charge in [0.2, 0.25) is 15.3 Å². The maximum atomic E-state index is 12.6. The van der Waals surface area contributed by atoms with Crippen molar-refractivity contribution in [3.05, 3.63) is 17.5 Å². The highest BCUT2D eigenvalue weighted by molar-refractivity contribution is 7.91. The van der Waals surface area contributed by atoms with Gasteiger partial charge in [-0.1, -0.05) is 0 Å². The van der Waals surface area contributed by atoms with Crippen LogP contribution in [0.5, 0.6) is 0 Å². The number of ether oxygens (including phenoxy) is 1. The minimum absolute atomic E-state index is 0.0529. The quantitative estimate of drug-likeness (QED) is 0.778. The number of hydrogen-bond donors (Lipinski definition) is 0. The molecule has 1 saturated carbocycles. The molecule has 0 bridgehead atoms. The Morgan fingerprint density at radius 1 is 1.35 bits per heavy atom. The summed E-state index contributed by atoms with van der Waals surface area (Å²) in [5, 5.41) is 0.446. The lowest BCUT2D eigenvalue weighted by atomic mass is 10.2. The van der Waals surface area contributed by atoms with Crippen LogP contribution in [0.3, 0.4) is 0 Å². The number of hydrogen-bond acceptors (Lipinski definition) is 6. The molecule has 2 fully saturated rings. The van der Waals surface area contributed by atoms with Gasteiger partial charge in [0.1, 0.15) is 5.82 Å². The molecule has 2 aromatic heterocycles. The Bertz CT molecular complexity index is 862. The third-order valence-corrected chi connectivity index (χ3v) is 6.65. The largest absolute Gasteiger partial charge is 0.377 e. The van der Waals surface area contributed by atoms with Crippen LogP contribution in [0.15, 0.2) is 12.3 Å². The SMILES string of the molecule is C[C@@H]1COCCN1c1nc(Cl)nc2c1ccn2S(=O)(=O)C1CC1. The lowest BCUT2D eigenvalue weighted by Gasteiger charge is -2.34. The smallest absolute Gasteiger partial charge is 0.243 e. The Morgan fingerprint density at radius 3 is 2.83 bits per heavy atom. The summed E-state index contributed by atoms with van der Waals surface area (Å²) in [6.45, 7) is 3.93. The normalized spacial score (nSPS) is 22.7. The van der Waals surface area contributed by atoms with Crippen molar-refractivity contribution in [2.75, 3.05) is 24.7 Å². The minimum Gasteiger partial charge on any atom is -0.377 e. The Kier molecular flexibility index (Phi) is 3.51. The van der Waals surface area contributed by atoms with Crippen molar-refractivity contribution in [3.8, 4) is 0 Å². The van der Waals surface area contributed by atoms with Crippen LogP contribution in [0.25, 0.3) is 11.0 Å². The summed E-state index contributed by atoms with van der Waals surface area (Å²) in [5.41, 5.74) is 0.352. The number of rotatable bonds is 3. The fourth-order valence-electron chi connectivity index (χ4n) is 2.94. The van der Waals surface area contributed by atoms with Crippen molar-refractivity contribution in [1.29, 1.82) is 0 Å². The van der Waals surface area contributed by atoms with E-state index in [0.717, 1.165) is 0 Å². The maximum absolute atomic E-state index is 12.6. The zero-order chi connectivity index (χ0) is 16.2. The summed E-state index contributed by atoms with van der Waals surface area (Å²) in [5.74, 6) is 0.667. The molecule has 1 aliphatic carbocycles. The van der Waals surface area contributed by atoms with Gasteiger partial charge in [-0.05, 0) is 37.4 Å². The molecular weight excluding hydrogens is 340 g/mol. The summed E-state index contributed by atoms with van der Waals surface area (Å²) in [7, 11) is -3.40. The van der Waals surface area contributed by atoms with Gasteiger partial charge >= 0.3 is 0 Å². The van der Waals surface area contributed by atoms with E-state index in [2.05, 4.69) is 14.9 Å². The lowest BCUT2D eigenvalue weighted by Crippen LogP contribution is -2.44. The van der Waals surface area contributed by atoms with Gasteiger partial charge in [0.05, 0.1) is 29.9 Å². The fraction of sp³-hybridized carbons (Fsp3) is 0.571. The van der Waals surface area contributed by atoms with E-state index in [1.807, 2.05) is 6.92 Å². The van der Waals surface area contributed by atoms with Crippen LogP contribution in [-0.2, 0) is 14.8 Å². The molecule has 0 N–H and O–H groups in total. The highest BCUT2D eigenvalue weighted by Gasteiger charge is 2.38. The topological polar surface area (TPSA) is 77.3 Å². The highest BCUT2D eigenvalue weighted by atomic mass is 35.5. The summed E-state index contributed by atoms with van der Waals surface area (Å²) >= 11 is 6.08. The first kappa shape index (κ1) is 15.2. The van der Waals surface area contributed by atoms with E-state index in [-0.39, 0.29) is 16.6 Å². The minimum atomic E-state index is -3.40. The van der Waals surface area contributed by atoms with Crippen LogP contribution in [-0.4, -0.2) is 53.4 Å². The van der Waals surface area contributed by atoms with Crippen LogP contribution in [0.4, 0.5) is 5.82 Å². The van der Waals surface area contributed by atoms with E-state index >= 15 is 0 Å². The third-order valence-electron chi connectivity index (χ3n) is 4.32. The molecule has 1 saturated heterocycles. The number of halogens is 1. The molecule has 0 radical (unpaired) electrons. The zero-order valence-electron chi connectivity index (χ0n) is 12.6. The van der Waals surface area contributed by atoms with E-state index in [9.17, 15) is 8.42 Å². The van der Waals surface area contributed by atoms with Crippen molar-refractivity contribution in [3.63, 3.8) is 0 Å². The molecule has 1 atom stereocenters. The van der Waals surface area contributed by atoms with E-state index in [0.29, 0.717) is 49.5 Å². The van der Waals surface area contributed by atoms with Gasteiger partial charge in [0.25, 0.3) is 0 Å². The van der Waals surface area contributed by atoms with Crippen molar-refractivity contribution in [2.24, 2.45) is 0 Å². The average molecular weight is 357 g/mol. The lowest BCUT2D eigenvalue weighted by molar-refractivity contribution is 0.0987. The van der Waals surface area contributed by atoms with Gasteiger partial charge in [-0.15, -0.1) is 0 Å². The Hall–Kier alpha value is -1.38. The predicted octanol–water partition coefficient (Wildman–Crippen LogP) is 1.65. The summed E-state index contributed by atoms with van der Waals surface area (Å²) in [6.07, 6.45) is 2.96. The van der Waals surface area contributed by atoms with Crippen LogP contribution in [0.2, 0.25) is 5.28 Å². The van der Waals surface area contributed by atoms with Gasteiger partial charge in [-0.2, -0.15) is 9.97 Å². The molecule has 3 heterocycles. The number of nitrogens with zero attached hydrogens (tertiary/aromatic N) is 4. The summed E-state index contributed by atoms with van der Waals surface area (Å²) in [6, 6.07) is 1.89. The molecular formula is C14H17ClN4O3S. The van der Waals surface area contributed by atoms with Gasteiger partial charge in [0, 0.05) is 12.7 Å². The second-order valence-corrected chi connectivity index (χ2v) is 8.45. The average Bonchev–Trinajstić information content (AvgIpc) is 3.28. The second kappa shape index (κ2) is 5.32. The van der Waals surface area contributed by atoms with Crippen LogP contribution in [0.1, 0.15) is 19.8 Å². The predicted molar refractivity (Wildman–Crippen MR) is 87.5 cm³/mol. The Morgan fingerprint density at radius 2 is 2.13 bits per heavy atom. The van der Waals surface area contributed by atoms with Crippen molar-refractivity contribution < 1.29 is 13.2 Å². The van der Waals surface area contributed by atoms with Crippen LogP contribution in [0, 0.1) is 0 Å². The van der Waals surface area contributed by atoms with E-state index in [1.165, 1.54) is 3.97 Å². The molecule has 23 heavy (non-hydrogen) atoms. The second-order valence-electron chi connectivity index (χ2n) is 6.03. The molecule has 0 spiro atoms. The third kappa shape index (κ3) is 2.49. The van der Waals surface area contributed by atoms with Crippen molar-refractivity contribution in [1.82, 2.24) is 13.9 Å². The van der Waals surface area contributed by atoms with Gasteiger partial charge in [0.15, 0.2) is 5.65 Å². The first-order valence-electron chi connectivity index (χ1n) is 7.62.